The number of hydrogen-bond donors (Lipinski definition) is 0. The van der Waals surface area contributed by atoms with Crippen LogP contribution in [-0.4, -0.2) is 61.1 Å². The lowest BCUT2D eigenvalue weighted by molar-refractivity contribution is -0.132. The third kappa shape index (κ3) is 4.43. The van der Waals surface area contributed by atoms with Crippen molar-refractivity contribution in [3.8, 4) is 0 Å². The Morgan fingerprint density at radius 1 is 1.05 bits per heavy atom. The van der Waals surface area contributed by atoms with Gasteiger partial charge in [0.1, 0.15) is 0 Å². The van der Waals surface area contributed by atoms with E-state index in [-0.39, 0.29) is 0 Å². The maximum atomic E-state index is 12.5. The first-order valence-electron chi connectivity index (χ1n) is 8.82. The van der Waals surface area contributed by atoms with E-state index in [1.165, 1.54) is 44.9 Å². The van der Waals surface area contributed by atoms with E-state index in [0.29, 0.717) is 24.6 Å². The number of hydrogen-bond acceptors (Lipinski definition) is 3. The quantitative estimate of drug-likeness (QED) is 0.722. The molecule has 0 spiro atoms. The Morgan fingerprint density at radius 2 is 1.81 bits per heavy atom. The summed E-state index contributed by atoms with van der Waals surface area (Å²) in [7, 11) is 1.97. The van der Waals surface area contributed by atoms with E-state index in [2.05, 4.69) is 4.90 Å². The predicted octanol–water partition coefficient (Wildman–Crippen LogP) is 2.28. The standard InChI is InChI=1S/C17H30N2O2/c1-18(11-14-8-9-14)17(20)13-19(15-5-2-3-6-15)12-16-7-4-10-21-16/h14-16H,2-13H2,1H3/t16-/m0/s1. The lowest BCUT2D eigenvalue weighted by Gasteiger charge is -2.31. The Labute approximate surface area is 128 Å². The summed E-state index contributed by atoms with van der Waals surface area (Å²) in [4.78, 5) is 16.9. The molecule has 0 N–H and O–H groups in total. The highest BCUT2D eigenvalue weighted by Crippen LogP contribution is 2.29. The number of amides is 1. The van der Waals surface area contributed by atoms with Gasteiger partial charge in [-0.3, -0.25) is 9.69 Å². The lowest BCUT2D eigenvalue weighted by Crippen LogP contribution is -2.46. The molecular weight excluding hydrogens is 264 g/mol. The van der Waals surface area contributed by atoms with Crippen LogP contribution in [0.25, 0.3) is 0 Å². The maximum absolute atomic E-state index is 12.5. The molecule has 1 atom stereocenters. The van der Waals surface area contributed by atoms with E-state index in [1.54, 1.807) is 0 Å². The molecule has 3 fully saturated rings. The maximum Gasteiger partial charge on any atom is 0.236 e. The highest BCUT2D eigenvalue weighted by molar-refractivity contribution is 5.78. The van der Waals surface area contributed by atoms with Crippen molar-refractivity contribution < 1.29 is 9.53 Å². The van der Waals surface area contributed by atoms with E-state index in [9.17, 15) is 4.79 Å². The summed E-state index contributed by atoms with van der Waals surface area (Å²) in [6, 6.07) is 0.604. The second-order valence-electron chi connectivity index (χ2n) is 7.22. The van der Waals surface area contributed by atoms with Crippen molar-refractivity contribution in [3.63, 3.8) is 0 Å². The van der Waals surface area contributed by atoms with Gasteiger partial charge in [-0.2, -0.15) is 0 Å². The summed E-state index contributed by atoms with van der Waals surface area (Å²) >= 11 is 0. The van der Waals surface area contributed by atoms with Gasteiger partial charge in [0, 0.05) is 32.8 Å². The molecule has 3 aliphatic rings. The van der Waals surface area contributed by atoms with E-state index >= 15 is 0 Å². The largest absolute Gasteiger partial charge is 0.377 e. The fourth-order valence-corrected chi connectivity index (χ4v) is 3.75. The minimum absolute atomic E-state index is 0.298. The van der Waals surface area contributed by atoms with Crippen molar-refractivity contribution in [1.82, 2.24) is 9.80 Å². The van der Waals surface area contributed by atoms with Crippen molar-refractivity contribution in [2.75, 3.05) is 33.3 Å². The van der Waals surface area contributed by atoms with Crippen LogP contribution in [-0.2, 0) is 9.53 Å². The highest BCUT2D eigenvalue weighted by Gasteiger charge is 2.30. The zero-order valence-electron chi connectivity index (χ0n) is 13.4. The van der Waals surface area contributed by atoms with Crippen LogP contribution in [0.1, 0.15) is 51.4 Å². The van der Waals surface area contributed by atoms with Crippen LogP contribution in [0.3, 0.4) is 0 Å². The van der Waals surface area contributed by atoms with Gasteiger partial charge in [-0.1, -0.05) is 12.8 Å². The van der Waals surface area contributed by atoms with Gasteiger partial charge in [-0.25, -0.2) is 0 Å². The summed E-state index contributed by atoms with van der Waals surface area (Å²) in [5, 5.41) is 0. The summed E-state index contributed by atoms with van der Waals surface area (Å²) in [6.45, 7) is 3.40. The van der Waals surface area contributed by atoms with Gasteiger partial charge < -0.3 is 9.64 Å². The van der Waals surface area contributed by atoms with Crippen LogP contribution in [0.15, 0.2) is 0 Å². The minimum atomic E-state index is 0.298. The summed E-state index contributed by atoms with van der Waals surface area (Å²) < 4.78 is 5.79. The molecule has 1 amide bonds. The van der Waals surface area contributed by atoms with Gasteiger partial charge in [0.15, 0.2) is 0 Å². The average molecular weight is 294 g/mol. The van der Waals surface area contributed by atoms with Gasteiger partial charge >= 0.3 is 0 Å². The Bertz CT molecular complexity index is 345. The summed E-state index contributed by atoms with van der Waals surface area (Å²) in [5.74, 6) is 1.07. The molecule has 2 aliphatic carbocycles. The van der Waals surface area contributed by atoms with E-state index in [1.807, 2.05) is 11.9 Å². The lowest BCUT2D eigenvalue weighted by atomic mass is 10.1. The normalized spacial score (nSPS) is 26.7. The molecule has 2 saturated carbocycles. The molecular formula is C17H30N2O2. The first-order valence-corrected chi connectivity index (χ1v) is 8.82. The van der Waals surface area contributed by atoms with Crippen LogP contribution in [0.5, 0.6) is 0 Å². The zero-order chi connectivity index (χ0) is 14.7. The molecule has 0 aromatic heterocycles. The third-order valence-electron chi connectivity index (χ3n) is 5.30. The van der Waals surface area contributed by atoms with Crippen LogP contribution >= 0.6 is 0 Å². The van der Waals surface area contributed by atoms with Gasteiger partial charge in [0.05, 0.1) is 12.6 Å². The van der Waals surface area contributed by atoms with Crippen LogP contribution in [0.2, 0.25) is 0 Å². The number of carbonyl (C=O) groups is 1. The molecule has 4 heteroatoms. The molecule has 3 rings (SSSR count). The number of likely N-dealkylation sites (N-methyl/N-ethyl adjacent to an activating group) is 1. The molecule has 4 nitrogen and oxygen atoms in total. The third-order valence-corrected chi connectivity index (χ3v) is 5.30. The number of carbonyl (C=O) groups excluding carboxylic acids is 1. The summed E-state index contributed by atoms with van der Waals surface area (Å²) in [6.07, 6.45) is 10.5. The molecule has 0 aromatic rings. The van der Waals surface area contributed by atoms with E-state index < -0.39 is 0 Å². The molecule has 0 radical (unpaired) electrons. The first kappa shape index (κ1) is 15.3. The van der Waals surface area contributed by atoms with Crippen LogP contribution in [0.4, 0.5) is 0 Å². The second kappa shape index (κ2) is 7.10. The number of nitrogens with zero attached hydrogens (tertiary/aromatic N) is 2. The Balaban J connectivity index is 1.53. The fraction of sp³-hybridized carbons (Fsp3) is 0.941. The Kier molecular flexibility index (Phi) is 5.17. The molecule has 0 bridgehead atoms. The van der Waals surface area contributed by atoms with Crippen molar-refractivity contribution in [2.45, 2.75) is 63.5 Å². The predicted molar refractivity (Wildman–Crippen MR) is 83.2 cm³/mol. The minimum Gasteiger partial charge on any atom is -0.377 e. The molecule has 0 unspecified atom stereocenters. The molecule has 1 aliphatic heterocycles. The van der Waals surface area contributed by atoms with Crippen molar-refractivity contribution in [2.24, 2.45) is 5.92 Å². The zero-order valence-corrected chi connectivity index (χ0v) is 13.4. The Morgan fingerprint density at radius 3 is 2.43 bits per heavy atom. The topological polar surface area (TPSA) is 32.8 Å². The molecule has 1 saturated heterocycles. The van der Waals surface area contributed by atoms with Crippen LogP contribution < -0.4 is 0 Å². The van der Waals surface area contributed by atoms with Crippen LogP contribution in [0, 0.1) is 5.92 Å². The second-order valence-corrected chi connectivity index (χ2v) is 7.22. The van der Waals surface area contributed by atoms with E-state index in [0.717, 1.165) is 32.0 Å². The highest BCUT2D eigenvalue weighted by atomic mass is 16.5. The smallest absolute Gasteiger partial charge is 0.236 e. The molecule has 1 heterocycles. The first-order chi connectivity index (χ1) is 10.2. The SMILES string of the molecule is CN(CC1CC1)C(=O)CN(C[C@@H]1CCCO1)C1CCCC1. The van der Waals surface area contributed by atoms with Gasteiger partial charge in [0.25, 0.3) is 0 Å². The van der Waals surface area contributed by atoms with E-state index in [4.69, 9.17) is 4.74 Å². The van der Waals surface area contributed by atoms with Crippen molar-refractivity contribution in [3.05, 3.63) is 0 Å². The monoisotopic (exact) mass is 294 g/mol. The fourth-order valence-electron chi connectivity index (χ4n) is 3.75. The van der Waals surface area contributed by atoms with Gasteiger partial charge in [-0.15, -0.1) is 0 Å². The number of rotatable bonds is 7. The average Bonchev–Trinajstić information content (AvgIpc) is 2.97. The summed E-state index contributed by atoms with van der Waals surface area (Å²) in [5.41, 5.74) is 0. The van der Waals surface area contributed by atoms with Gasteiger partial charge in [-0.05, 0) is 44.4 Å². The molecule has 21 heavy (non-hydrogen) atoms. The molecule has 0 aromatic carbocycles. The number of ether oxygens (including phenoxy) is 1. The Hall–Kier alpha value is -0.610. The van der Waals surface area contributed by atoms with Gasteiger partial charge in [0.2, 0.25) is 5.91 Å². The van der Waals surface area contributed by atoms with Crippen molar-refractivity contribution >= 4 is 5.91 Å². The van der Waals surface area contributed by atoms with Crippen molar-refractivity contribution in [1.29, 1.82) is 0 Å². The molecule has 120 valence electrons.